The van der Waals surface area contributed by atoms with Gasteiger partial charge in [-0.1, -0.05) is 58.4 Å². The average molecular weight is 328 g/mol. The number of esters is 1. The van der Waals surface area contributed by atoms with Crippen LogP contribution in [0.5, 0.6) is 0 Å². The van der Waals surface area contributed by atoms with Crippen molar-refractivity contribution in [3.05, 3.63) is 12.2 Å². The summed E-state index contributed by atoms with van der Waals surface area (Å²) in [6.07, 6.45) is 12.2. The van der Waals surface area contributed by atoms with Crippen molar-refractivity contribution >= 4 is 5.97 Å². The van der Waals surface area contributed by atoms with Gasteiger partial charge in [0, 0.05) is 19.2 Å². The predicted octanol–water partition coefficient (Wildman–Crippen LogP) is 3.93. The zero-order valence-electron chi connectivity index (χ0n) is 15.4. The quantitative estimate of drug-likeness (QED) is 0.281. The van der Waals surface area contributed by atoms with E-state index in [-0.39, 0.29) is 12.1 Å². The van der Waals surface area contributed by atoms with Gasteiger partial charge >= 0.3 is 5.97 Å². The van der Waals surface area contributed by atoms with Crippen LogP contribution in [-0.2, 0) is 9.53 Å². The van der Waals surface area contributed by atoms with Gasteiger partial charge in [-0.25, -0.2) is 4.79 Å². The highest BCUT2D eigenvalue weighted by Crippen LogP contribution is 2.07. The molecular formula is C19H37NO3. The van der Waals surface area contributed by atoms with Crippen LogP contribution in [0.2, 0.25) is 0 Å². The fourth-order valence-electron chi connectivity index (χ4n) is 2.59. The molecule has 1 N–H and O–H groups in total. The van der Waals surface area contributed by atoms with Gasteiger partial charge in [0.1, 0.15) is 6.61 Å². The van der Waals surface area contributed by atoms with Gasteiger partial charge < -0.3 is 9.84 Å². The third-order valence-electron chi connectivity index (χ3n) is 3.87. The molecule has 0 saturated heterocycles. The van der Waals surface area contributed by atoms with Gasteiger partial charge in [0.05, 0.1) is 6.10 Å². The van der Waals surface area contributed by atoms with Gasteiger partial charge in [0.15, 0.2) is 0 Å². The van der Waals surface area contributed by atoms with Crippen molar-refractivity contribution in [1.82, 2.24) is 4.90 Å². The standard InChI is InChI=1S/C19H37NO3/c1-4-7-8-9-10-11-14-20(17-18(21)12-5-2)15-16-23-19(22)13-6-3/h6,13,18,21H,4-5,7-12,14-17H2,1-3H3/b13-6+. The number of carbonyl (C=O) groups excluding carboxylic acids is 1. The van der Waals surface area contributed by atoms with E-state index < -0.39 is 0 Å². The molecule has 0 bridgehead atoms. The molecule has 0 radical (unpaired) electrons. The SMILES string of the molecule is C/C=C/C(=O)OCCN(CCCCCCCC)CC(O)CCC. The van der Waals surface area contributed by atoms with Crippen molar-refractivity contribution in [3.63, 3.8) is 0 Å². The van der Waals surface area contributed by atoms with E-state index in [1.165, 1.54) is 38.2 Å². The molecule has 4 heteroatoms. The Morgan fingerprint density at radius 2 is 1.78 bits per heavy atom. The summed E-state index contributed by atoms with van der Waals surface area (Å²) in [5, 5.41) is 10.0. The topological polar surface area (TPSA) is 49.8 Å². The molecule has 0 aromatic rings. The molecule has 23 heavy (non-hydrogen) atoms. The molecule has 0 aromatic carbocycles. The van der Waals surface area contributed by atoms with Gasteiger partial charge in [0.25, 0.3) is 0 Å². The number of carbonyl (C=O) groups is 1. The summed E-state index contributed by atoms with van der Waals surface area (Å²) in [4.78, 5) is 13.6. The van der Waals surface area contributed by atoms with Crippen LogP contribution in [0.4, 0.5) is 0 Å². The van der Waals surface area contributed by atoms with E-state index >= 15 is 0 Å². The van der Waals surface area contributed by atoms with Crippen molar-refractivity contribution < 1.29 is 14.6 Å². The fraction of sp³-hybridized carbons (Fsp3) is 0.842. The smallest absolute Gasteiger partial charge is 0.330 e. The third-order valence-corrected chi connectivity index (χ3v) is 3.87. The highest BCUT2D eigenvalue weighted by molar-refractivity contribution is 5.81. The second-order valence-corrected chi connectivity index (χ2v) is 6.18. The first-order valence-electron chi connectivity index (χ1n) is 9.33. The molecule has 0 aliphatic rings. The number of allylic oxidation sites excluding steroid dienone is 1. The predicted molar refractivity (Wildman–Crippen MR) is 96.5 cm³/mol. The fourth-order valence-corrected chi connectivity index (χ4v) is 2.59. The summed E-state index contributed by atoms with van der Waals surface area (Å²) >= 11 is 0. The van der Waals surface area contributed by atoms with E-state index in [2.05, 4.69) is 18.7 Å². The highest BCUT2D eigenvalue weighted by atomic mass is 16.5. The molecule has 0 saturated carbocycles. The summed E-state index contributed by atoms with van der Waals surface area (Å²) in [5.41, 5.74) is 0. The molecule has 136 valence electrons. The lowest BCUT2D eigenvalue weighted by atomic mass is 10.1. The third kappa shape index (κ3) is 14.5. The van der Waals surface area contributed by atoms with E-state index in [1.807, 2.05) is 0 Å². The maximum absolute atomic E-state index is 11.3. The number of aliphatic hydroxyl groups excluding tert-OH is 1. The molecular weight excluding hydrogens is 290 g/mol. The minimum atomic E-state index is -0.291. The first-order valence-corrected chi connectivity index (χ1v) is 9.33. The van der Waals surface area contributed by atoms with Crippen LogP contribution in [0, 0.1) is 0 Å². The molecule has 0 heterocycles. The first kappa shape index (κ1) is 22.1. The maximum Gasteiger partial charge on any atom is 0.330 e. The number of rotatable bonds is 15. The summed E-state index contributed by atoms with van der Waals surface area (Å²) in [6, 6.07) is 0. The van der Waals surface area contributed by atoms with Crippen molar-refractivity contribution in [3.8, 4) is 0 Å². The summed E-state index contributed by atoms with van der Waals surface area (Å²) < 4.78 is 5.16. The molecule has 0 rings (SSSR count). The zero-order chi connectivity index (χ0) is 17.3. The Bertz CT molecular complexity index is 305. The number of aliphatic hydroxyl groups is 1. The van der Waals surface area contributed by atoms with E-state index in [4.69, 9.17) is 4.74 Å². The van der Waals surface area contributed by atoms with Gasteiger partial charge in [-0.05, 0) is 26.3 Å². The van der Waals surface area contributed by atoms with E-state index in [0.29, 0.717) is 19.7 Å². The first-order chi connectivity index (χ1) is 11.1. The van der Waals surface area contributed by atoms with E-state index in [0.717, 1.165) is 25.8 Å². The number of hydrogen-bond donors (Lipinski definition) is 1. The lowest BCUT2D eigenvalue weighted by Gasteiger charge is -2.24. The van der Waals surface area contributed by atoms with Crippen LogP contribution in [0.1, 0.15) is 72.1 Å². The lowest BCUT2D eigenvalue weighted by molar-refractivity contribution is -0.138. The molecule has 4 nitrogen and oxygen atoms in total. The molecule has 0 aliphatic carbocycles. The second kappa shape index (κ2) is 16.0. The van der Waals surface area contributed by atoms with Gasteiger partial charge in [-0.15, -0.1) is 0 Å². The molecule has 0 amide bonds. The normalized spacial score (nSPS) is 12.9. The van der Waals surface area contributed by atoms with Crippen molar-refractivity contribution in [1.29, 1.82) is 0 Å². The summed E-state index contributed by atoms with van der Waals surface area (Å²) in [7, 11) is 0. The van der Waals surface area contributed by atoms with Gasteiger partial charge in [0.2, 0.25) is 0 Å². The monoisotopic (exact) mass is 327 g/mol. The second-order valence-electron chi connectivity index (χ2n) is 6.18. The number of ether oxygens (including phenoxy) is 1. The Hall–Kier alpha value is -0.870. The van der Waals surface area contributed by atoms with E-state index in [9.17, 15) is 9.90 Å². The molecule has 0 fully saturated rings. The Kier molecular flexibility index (Phi) is 15.4. The van der Waals surface area contributed by atoms with Crippen LogP contribution < -0.4 is 0 Å². The minimum Gasteiger partial charge on any atom is -0.461 e. The lowest BCUT2D eigenvalue weighted by Crippen LogP contribution is -2.36. The minimum absolute atomic E-state index is 0.286. The van der Waals surface area contributed by atoms with Crippen LogP contribution >= 0.6 is 0 Å². The Morgan fingerprint density at radius 1 is 1.09 bits per heavy atom. The van der Waals surface area contributed by atoms with Crippen LogP contribution in [0.25, 0.3) is 0 Å². The number of unbranched alkanes of at least 4 members (excludes halogenated alkanes) is 5. The maximum atomic E-state index is 11.3. The Labute approximate surface area is 142 Å². The summed E-state index contributed by atoms with van der Waals surface area (Å²) in [6.45, 7) is 8.83. The van der Waals surface area contributed by atoms with Gasteiger partial charge in [-0.3, -0.25) is 4.90 Å². The van der Waals surface area contributed by atoms with Crippen molar-refractivity contribution in [2.75, 3.05) is 26.2 Å². The highest BCUT2D eigenvalue weighted by Gasteiger charge is 2.11. The Morgan fingerprint density at radius 3 is 2.43 bits per heavy atom. The van der Waals surface area contributed by atoms with Crippen LogP contribution in [0.15, 0.2) is 12.2 Å². The zero-order valence-corrected chi connectivity index (χ0v) is 15.4. The number of hydrogen-bond acceptors (Lipinski definition) is 4. The molecule has 1 unspecified atom stereocenters. The number of nitrogens with zero attached hydrogens (tertiary/aromatic N) is 1. The van der Waals surface area contributed by atoms with Crippen LogP contribution in [-0.4, -0.2) is 48.3 Å². The largest absolute Gasteiger partial charge is 0.461 e. The summed E-state index contributed by atoms with van der Waals surface area (Å²) in [5.74, 6) is -0.291. The molecule has 0 spiro atoms. The molecule has 0 aliphatic heterocycles. The molecule has 0 aromatic heterocycles. The Balaban J connectivity index is 4.04. The van der Waals surface area contributed by atoms with E-state index in [1.54, 1.807) is 13.0 Å². The van der Waals surface area contributed by atoms with Gasteiger partial charge in [-0.2, -0.15) is 0 Å². The van der Waals surface area contributed by atoms with Crippen LogP contribution in [0.3, 0.4) is 0 Å². The average Bonchev–Trinajstić information content (AvgIpc) is 2.51. The molecule has 1 atom stereocenters. The van der Waals surface area contributed by atoms with Crippen molar-refractivity contribution in [2.24, 2.45) is 0 Å². The van der Waals surface area contributed by atoms with Crippen molar-refractivity contribution in [2.45, 2.75) is 78.2 Å².